The number of rotatable bonds is 9. The number of nitrogens with one attached hydrogen (secondary N) is 1. The van der Waals surface area contributed by atoms with Crippen LogP contribution in [-0.4, -0.2) is 99.4 Å². The maximum Gasteiger partial charge on any atom is 0.308 e. The van der Waals surface area contributed by atoms with E-state index in [4.69, 9.17) is 21.4 Å². The molecule has 216 valence electrons. The van der Waals surface area contributed by atoms with E-state index < -0.39 is 5.97 Å². The molecule has 3 heterocycles. The molecule has 1 aromatic carbocycles. The molecule has 3 atom stereocenters. The monoisotopic (exact) mass is 563 g/mol. The molecule has 0 spiro atoms. The zero-order chi connectivity index (χ0) is 28.5. The smallest absolute Gasteiger partial charge is 0.308 e. The topological polar surface area (TPSA) is 81.2 Å². The van der Waals surface area contributed by atoms with Gasteiger partial charge in [-0.15, -0.1) is 0 Å². The Kier molecular flexibility index (Phi) is 11.9. The molecule has 4 rings (SSSR count). The van der Waals surface area contributed by atoms with Crippen molar-refractivity contribution in [2.45, 2.75) is 25.9 Å². The van der Waals surface area contributed by atoms with Crippen LogP contribution in [0.2, 0.25) is 5.02 Å². The van der Waals surface area contributed by atoms with Crippen molar-refractivity contribution in [3.63, 3.8) is 0 Å². The van der Waals surface area contributed by atoms with Gasteiger partial charge in [0.1, 0.15) is 11.6 Å². The van der Waals surface area contributed by atoms with Crippen LogP contribution in [0.3, 0.4) is 0 Å². The summed E-state index contributed by atoms with van der Waals surface area (Å²) in [4.78, 5) is 21.9. The van der Waals surface area contributed by atoms with Crippen LogP contribution in [-0.2, 0) is 9.53 Å². The van der Waals surface area contributed by atoms with E-state index in [0.717, 1.165) is 56.2 Å². The number of carboxylic acids is 1. The summed E-state index contributed by atoms with van der Waals surface area (Å²) >= 11 is 5.82. The highest BCUT2D eigenvalue weighted by atomic mass is 35.5. The predicted molar refractivity (Wildman–Crippen MR) is 154 cm³/mol. The minimum atomic E-state index is -0.718. The van der Waals surface area contributed by atoms with E-state index in [1.165, 1.54) is 6.20 Å². The van der Waals surface area contributed by atoms with E-state index in [1.54, 1.807) is 6.07 Å². The van der Waals surface area contributed by atoms with Crippen molar-refractivity contribution in [2.75, 3.05) is 78.5 Å². The molecule has 2 fully saturated rings. The number of hydrogen-bond donors (Lipinski definition) is 2. The summed E-state index contributed by atoms with van der Waals surface area (Å²) in [6.07, 6.45) is 1.15. The minimum Gasteiger partial charge on any atom is -0.481 e. The first-order chi connectivity index (χ1) is 18.6. The third-order valence-electron chi connectivity index (χ3n) is 7.14. The molecule has 10 heteroatoms. The molecule has 0 aliphatic carbocycles. The summed E-state index contributed by atoms with van der Waals surface area (Å²) in [6.45, 7) is 10.7. The fourth-order valence-corrected chi connectivity index (χ4v) is 5.23. The van der Waals surface area contributed by atoms with Gasteiger partial charge in [0.15, 0.2) is 0 Å². The normalized spacial score (nSPS) is 20.7. The van der Waals surface area contributed by atoms with Crippen molar-refractivity contribution in [3.05, 3.63) is 58.5 Å². The van der Waals surface area contributed by atoms with Gasteiger partial charge in [0.2, 0.25) is 0 Å². The van der Waals surface area contributed by atoms with E-state index in [1.807, 2.05) is 45.4 Å². The first-order valence-electron chi connectivity index (χ1n) is 13.6. The van der Waals surface area contributed by atoms with Crippen LogP contribution in [0.15, 0.2) is 36.5 Å². The number of piperazine rings is 1. The fraction of sp³-hybridized carbons (Fsp3) is 0.586. The Labute approximate surface area is 237 Å². The average molecular weight is 564 g/mol. The third kappa shape index (κ3) is 9.11. The number of aromatic nitrogens is 1. The number of benzene rings is 1. The Balaban J connectivity index is 0.000000230. The summed E-state index contributed by atoms with van der Waals surface area (Å²) < 4.78 is 19.9. The SMILES string of the molecule is CC(C)C(OCCN(C)C)c1cc(F)cnc1N1CCNCC1.CN1CC(C(=O)O)C(c2ccc(Cl)cc2)C1. The molecule has 3 unspecified atom stereocenters. The number of likely N-dealkylation sites (tertiary alicyclic amines) is 1. The first-order valence-corrected chi connectivity index (χ1v) is 14.0. The lowest BCUT2D eigenvalue weighted by atomic mass is 9.89. The predicted octanol–water partition coefficient (Wildman–Crippen LogP) is 3.98. The summed E-state index contributed by atoms with van der Waals surface area (Å²) in [5, 5.41) is 13.2. The van der Waals surface area contributed by atoms with Crippen LogP contribution in [0.4, 0.5) is 10.2 Å². The standard InChI is InChI=1S/C17H29FN4O.C12H14ClNO2/c1-13(2)16(23-10-9-21(3)4)15-11-14(18)12-20-17(15)22-7-5-19-6-8-22;1-14-6-10(11(7-14)12(15)16)8-2-4-9(13)5-3-8/h11-13,16,19H,5-10H2,1-4H3;2-5,10-11H,6-7H2,1H3,(H,15,16). The Morgan fingerprint density at radius 1 is 1.23 bits per heavy atom. The molecule has 2 aliphatic heterocycles. The van der Waals surface area contributed by atoms with Crippen LogP contribution < -0.4 is 10.2 Å². The number of halogens is 2. The van der Waals surface area contributed by atoms with Gasteiger partial charge in [0.05, 0.1) is 24.8 Å². The Morgan fingerprint density at radius 3 is 2.49 bits per heavy atom. The second kappa shape index (κ2) is 14.9. The molecule has 0 radical (unpaired) electrons. The van der Waals surface area contributed by atoms with Gasteiger partial charge < -0.3 is 29.9 Å². The highest BCUT2D eigenvalue weighted by Gasteiger charge is 2.36. The fourth-order valence-electron chi connectivity index (χ4n) is 5.10. The lowest BCUT2D eigenvalue weighted by Gasteiger charge is -2.32. The van der Waals surface area contributed by atoms with E-state index >= 15 is 0 Å². The van der Waals surface area contributed by atoms with Crippen LogP contribution in [0.5, 0.6) is 0 Å². The number of hydrogen-bond acceptors (Lipinski definition) is 7. The Hall–Kier alpha value is -2.30. The second-order valence-electron chi connectivity index (χ2n) is 11.0. The number of likely N-dealkylation sites (N-methyl/N-ethyl adjacent to an activating group) is 2. The Bertz CT molecular complexity index is 1050. The molecule has 0 bridgehead atoms. The van der Waals surface area contributed by atoms with E-state index in [9.17, 15) is 9.18 Å². The number of carboxylic acid groups (broad SMARTS) is 1. The maximum atomic E-state index is 13.8. The minimum absolute atomic E-state index is 0.0692. The summed E-state index contributed by atoms with van der Waals surface area (Å²) in [5.41, 5.74) is 1.92. The zero-order valence-corrected chi connectivity index (χ0v) is 24.5. The van der Waals surface area contributed by atoms with E-state index in [0.29, 0.717) is 18.2 Å². The number of carbonyl (C=O) groups is 1. The van der Waals surface area contributed by atoms with Crippen LogP contribution >= 0.6 is 11.6 Å². The van der Waals surface area contributed by atoms with Gasteiger partial charge in [0.25, 0.3) is 0 Å². The molecule has 2 aromatic rings. The zero-order valence-electron chi connectivity index (χ0n) is 23.7. The van der Waals surface area contributed by atoms with Crippen molar-refractivity contribution in [1.82, 2.24) is 20.1 Å². The van der Waals surface area contributed by atoms with Gasteiger partial charge in [-0.3, -0.25) is 4.79 Å². The van der Waals surface area contributed by atoms with Gasteiger partial charge in [-0.25, -0.2) is 9.37 Å². The van der Waals surface area contributed by atoms with Crippen molar-refractivity contribution >= 4 is 23.4 Å². The molecule has 0 amide bonds. The van der Waals surface area contributed by atoms with Crippen molar-refractivity contribution in [1.29, 1.82) is 0 Å². The average Bonchev–Trinajstić information content (AvgIpc) is 3.29. The number of nitrogens with zero attached hydrogens (tertiary/aromatic N) is 4. The van der Waals surface area contributed by atoms with Gasteiger partial charge in [-0.05, 0) is 50.8 Å². The van der Waals surface area contributed by atoms with Crippen molar-refractivity contribution in [2.24, 2.45) is 11.8 Å². The van der Waals surface area contributed by atoms with E-state index in [2.05, 4.69) is 38.8 Å². The van der Waals surface area contributed by atoms with E-state index in [-0.39, 0.29) is 29.7 Å². The second-order valence-corrected chi connectivity index (χ2v) is 11.4. The molecule has 1 aromatic heterocycles. The lowest BCUT2D eigenvalue weighted by Crippen LogP contribution is -2.44. The number of aliphatic carboxylic acids is 1. The van der Waals surface area contributed by atoms with Gasteiger partial charge >= 0.3 is 5.97 Å². The third-order valence-corrected chi connectivity index (χ3v) is 7.40. The molecule has 2 N–H and O–H groups in total. The summed E-state index contributed by atoms with van der Waals surface area (Å²) in [7, 11) is 5.99. The largest absolute Gasteiger partial charge is 0.481 e. The van der Waals surface area contributed by atoms with Crippen LogP contribution in [0, 0.1) is 17.7 Å². The van der Waals surface area contributed by atoms with Gasteiger partial charge in [-0.1, -0.05) is 37.6 Å². The van der Waals surface area contributed by atoms with Crippen molar-refractivity contribution in [3.8, 4) is 0 Å². The molecule has 2 saturated heterocycles. The molecule has 2 aliphatic rings. The molecule has 8 nitrogen and oxygen atoms in total. The summed E-state index contributed by atoms with van der Waals surface area (Å²) in [6, 6.07) is 9.05. The highest BCUT2D eigenvalue weighted by molar-refractivity contribution is 6.30. The summed E-state index contributed by atoms with van der Waals surface area (Å²) in [5.74, 6) is -0.158. The lowest BCUT2D eigenvalue weighted by molar-refractivity contribution is -0.141. The van der Waals surface area contributed by atoms with Crippen LogP contribution in [0.25, 0.3) is 0 Å². The molecular weight excluding hydrogens is 521 g/mol. The number of ether oxygens (including phenoxy) is 1. The molecule has 39 heavy (non-hydrogen) atoms. The van der Waals surface area contributed by atoms with Crippen molar-refractivity contribution < 1.29 is 19.0 Å². The van der Waals surface area contributed by atoms with Gasteiger partial charge in [-0.2, -0.15) is 0 Å². The number of anilines is 1. The molecule has 0 saturated carbocycles. The van der Waals surface area contributed by atoms with Gasteiger partial charge in [0, 0.05) is 62.3 Å². The Morgan fingerprint density at radius 2 is 1.90 bits per heavy atom. The number of pyridine rings is 1. The maximum absolute atomic E-state index is 13.8. The quantitative estimate of drug-likeness (QED) is 0.474. The molecular formula is C29H43ClFN5O3. The highest BCUT2D eigenvalue weighted by Crippen LogP contribution is 2.34. The first kappa shape index (κ1) is 31.2. The van der Waals surface area contributed by atoms with Crippen LogP contribution in [0.1, 0.15) is 37.0 Å².